The number of hydrogen-bond donors (Lipinski definition) is 1. The fourth-order valence-electron chi connectivity index (χ4n) is 2.33. The summed E-state index contributed by atoms with van der Waals surface area (Å²) >= 11 is 0. The predicted molar refractivity (Wildman–Crippen MR) is 89.1 cm³/mol. The van der Waals surface area contributed by atoms with Crippen molar-refractivity contribution in [2.75, 3.05) is 13.7 Å². The van der Waals surface area contributed by atoms with Crippen LogP contribution in [0.15, 0.2) is 18.2 Å². The maximum Gasteiger partial charge on any atom is 0.161 e. The molecule has 2 N–H and O–H groups in total. The molecular formula is C18H31NO2. The van der Waals surface area contributed by atoms with Crippen molar-refractivity contribution in [3.8, 4) is 11.5 Å². The van der Waals surface area contributed by atoms with E-state index < -0.39 is 0 Å². The summed E-state index contributed by atoms with van der Waals surface area (Å²) < 4.78 is 11.2. The van der Waals surface area contributed by atoms with E-state index in [0.717, 1.165) is 30.1 Å². The van der Waals surface area contributed by atoms with Crippen LogP contribution < -0.4 is 15.2 Å². The Bertz CT molecular complexity index is 391. The molecule has 0 unspecified atom stereocenters. The first-order chi connectivity index (χ1) is 10.2. The highest BCUT2D eigenvalue weighted by Gasteiger charge is 2.07. The molecule has 0 saturated heterocycles. The Morgan fingerprint density at radius 2 is 1.67 bits per heavy atom. The van der Waals surface area contributed by atoms with E-state index in [1.165, 1.54) is 38.5 Å². The number of nitrogens with two attached hydrogens (primary N) is 1. The second-order valence-electron chi connectivity index (χ2n) is 5.67. The van der Waals surface area contributed by atoms with Crippen LogP contribution in [0.3, 0.4) is 0 Å². The third-order valence-corrected chi connectivity index (χ3v) is 3.72. The van der Waals surface area contributed by atoms with E-state index in [0.29, 0.717) is 0 Å². The summed E-state index contributed by atoms with van der Waals surface area (Å²) in [6.45, 7) is 4.97. The van der Waals surface area contributed by atoms with Crippen LogP contribution in [-0.2, 0) is 0 Å². The van der Waals surface area contributed by atoms with Crippen LogP contribution in [0.1, 0.15) is 70.4 Å². The summed E-state index contributed by atoms with van der Waals surface area (Å²) in [6, 6.07) is 5.94. The van der Waals surface area contributed by atoms with E-state index in [1.54, 1.807) is 7.11 Å². The first-order valence-electron chi connectivity index (χ1n) is 8.25. The van der Waals surface area contributed by atoms with E-state index in [-0.39, 0.29) is 6.04 Å². The number of ether oxygens (including phenoxy) is 2. The summed E-state index contributed by atoms with van der Waals surface area (Å²) in [5.41, 5.74) is 6.95. The first kappa shape index (κ1) is 17.8. The summed E-state index contributed by atoms with van der Waals surface area (Å²) in [4.78, 5) is 0. The van der Waals surface area contributed by atoms with Crippen LogP contribution in [0, 0.1) is 0 Å². The van der Waals surface area contributed by atoms with Gasteiger partial charge in [-0.2, -0.15) is 0 Å². The lowest BCUT2D eigenvalue weighted by Crippen LogP contribution is -2.06. The smallest absolute Gasteiger partial charge is 0.161 e. The molecule has 21 heavy (non-hydrogen) atoms. The number of unbranched alkanes of at least 4 members (excludes halogenated alkanes) is 6. The molecule has 0 aliphatic heterocycles. The molecule has 0 aromatic heterocycles. The van der Waals surface area contributed by atoms with Crippen molar-refractivity contribution < 1.29 is 9.47 Å². The molecule has 0 bridgehead atoms. The van der Waals surface area contributed by atoms with Crippen LogP contribution in [-0.4, -0.2) is 13.7 Å². The molecule has 0 heterocycles. The van der Waals surface area contributed by atoms with Crippen LogP contribution >= 0.6 is 0 Å². The molecule has 3 nitrogen and oxygen atoms in total. The Morgan fingerprint density at radius 1 is 1.00 bits per heavy atom. The Hall–Kier alpha value is -1.22. The summed E-state index contributed by atoms with van der Waals surface area (Å²) in [5.74, 6) is 1.58. The molecule has 0 aliphatic rings. The van der Waals surface area contributed by atoms with Crippen LogP contribution in [0.4, 0.5) is 0 Å². The Balaban J connectivity index is 2.28. The third kappa shape index (κ3) is 6.85. The van der Waals surface area contributed by atoms with Crippen molar-refractivity contribution in [3.63, 3.8) is 0 Å². The third-order valence-electron chi connectivity index (χ3n) is 3.72. The quantitative estimate of drug-likeness (QED) is 0.593. The van der Waals surface area contributed by atoms with E-state index in [1.807, 2.05) is 25.1 Å². The molecule has 1 rings (SSSR count). The second-order valence-corrected chi connectivity index (χ2v) is 5.67. The lowest BCUT2D eigenvalue weighted by Gasteiger charge is -2.13. The minimum atomic E-state index is 0.0103. The van der Waals surface area contributed by atoms with Crippen LogP contribution in [0.2, 0.25) is 0 Å². The van der Waals surface area contributed by atoms with Gasteiger partial charge in [-0.05, 0) is 31.0 Å². The van der Waals surface area contributed by atoms with Crippen molar-refractivity contribution in [1.29, 1.82) is 0 Å². The molecule has 3 heteroatoms. The number of benzene rings is 1. The zero-order chi connectivity index (χ0) is 15.5. The zero-order valence-electron chi connectivity index (χ0n) is 13.9. The van der Waals surface area contributed by atoms with Crippen LogP contribution in [0.5, 0.6) is 11.5 Å². The van der Waals surface area contributed by atoms with Crippen molar-refractivity contribution >= 4 is 0 Å². The van der Waals surface area contributed by atoms with Crippen molar-refractivity contribution in [2.24, 2.45) is 5.73 Å². The largest absolute Gasteiger partial charge is 0.493 e. The predicted octanol–water partition coefficient (Wildman–Crippen LogP) is 4.84. The monoisotopic (exact) mass is 293 g/mol. The van der Waals surface area contributed by atoms with Crippen LogP contribution in [0.25, 0.3) is 0 Å². The van der Waals surface area contributed by atoms with E-state index in [2.05, 4.69) is 6.92 Å². The minimum absolute atomic E-state index is 0.0103. The molecular weight excluding hydrogens is 262 g/mol. The molecule has 1 aromatic rings. The van der Waals surface area contributed by atoms with Gasteiger partial charge in [0.25, 0.3) is 0 Å². The van der Waals surface area contributed by atoms with Gasteiger partial charge in [0.05, 0.1) is 13.7 Å². The average molecular weight is 293 g/mol. The fraction of sp³-hybridized carbons (Fsp3) is 0.667. The minimum Gasteiger partial charge on any atom is -0.493 e. The standard InChI is InChI=1S/C18H31NO2/c1-4-5-6-7-8-9-10-13-21-17-12-11-16(15(2)19)14-18(17)20-3/h11-12,14-15H,4-10,13,19H2,1-3H3/t15-/m0/s1. The topological polar surface area (TPSA) is 44.5 Å². The first-order valence-corrected chi connectivity index (χ1v) is 8.25. The van der Waals surface area contributed by atoms with Gasteiger partial charge < -0.3 is 15.2 Å². The molecule has 1 atom stereocenters. The van der Waals surface area contributed by atoms with E-state index >= 15 is 0 Å². The highest BCUT2D eigenvalue weighted by molar-refractivity contribution is 5.43. The van der Waals surface area contributed by atoms with Gasteiger partial charge in [-0.15, -0.1) is 0 Å². The van der Waals surface area contributed by atoms with Gasteiger partial charge in [-0.3, -0.25) is 0 Å². The summed E-state index contributed by atoms with van der Waals surface area (Å²) in [7, 11) is 1.67. The average Bonchev–Trinajstić information content (AvgIpc) is 2.49. The Morgan fingerprint density at radius 3 is 2.29 bits per heavy atom. The zero-order valence-corrected chi connectivity index (χ0v) is 13.9. The summed E-state index contributed by atoms with van der Waals surface area (Å²) in [5, 5.41) is 0. The van der Waals surface area contributed by atoms with Crippen molar-refractivity contribution in [2.45, 2.75) is 64.8 Å². The second kappa shape index (κ2) is 10.5. The van der Waals surface area contributed by atoms with Gasteiger partial charge >= 0.3 is 0 Å². The van der Waals surface area contributed by atoms with Gasteiger partial charge in [0, 0.05) is 6.04 Å². The molecule has 0 aliphatic carbocycles. The lowest BCUT2D eigenvalue weighted by molar-refractivity contribution is 0.284. The van der Waals surface area contributed by atoms with Gasteiger partial charge in [0.1, 0.15) is 0 Å². The number of rotatable bonds is 11. The number of methoxy groups -OCH3 is 1. The molecule has 120 valence electrons. The Kier molecular flexibility index (Phi) is 8.91. The molecule has 0 fully saturated rings. The van der Waals surface area contributed by atoms with Crippen molar-refractivity contribution in [3.05, 3.63) is 23.8 Å². The fourth-order valence-corrected chi connectivity index (χ4v) is 2.33. The SMILES string of the molecule is CCCCCCCCCOc1ccc([C@H](C)N)cc1OC. The normalized spacial score (nSPS) is 12.2. The maximum atomic E-state index is 5.88. The van der Waals surface area contributed by atoms with Gasteiger partial charge in [0.15, 0.2) is 11.5 Å². The van der Waals surface area contributed by atoms with E-state index in [4.69, 9.17) is 15.2 Å². The molecule has 0 saturated carbocycles. The summed E-state index contributed by atoms with van der Waals surface area (Å²) in [6.07, 6.45) is 9.03. The molecule has 1 aromatic carbocycles. The van der Waals surface area contributed by atoms with E-state index in [9.17, 15) is 0 Å². The molecule has 0 radical (unpaired) electrons. The Labute approximate surface area is 129 Å². The maximum absolute atomic E-state index is 5.88. The van der Waals surface area contributed by atoms with Gasteiger partial charge in [-0.25, -0.2) is 0 Å². The lowest BCUT2D eigenvalue weighted by atomic mass is 10.1. The highest BCUT2D eigenvalue weighted by Crippen LogP contribution is 2.30. The molecule has 0 amide bonds. The van der Waals surface area contributed by atoms with Gasteiger partial charge in [0.2, 0.25) is 0 Å². The van der Waals surface area contributed by atoms with Gasteiger partial charge in [-0.1, -0.05) is 51.5 Å². The highest BCUT2D eigenvalue weighted by atomic mass is 16.5. The molecule has 0 spiro atoms. The van der Waals surface area contributed by atoms with Crippen molar-refractivity contribution in [1.82, 2.24) is 0 Å². The number of hydrogen-bond acceptors (Lipinski definition) is 3.